The predicted molar refractivity (Wildman–Crippen MR) is 216 cm³/mol. The normalized spacial score (nSPS) is 10.7. The Balaban J connectivity index is 0.000000177. The van der Waals surface area contributed by atoms with Crippen LogP contribution in [-0.4, -0.2) is 4.57 Å². The lowest BCUT2D eigenvalue weighted by molar-refractivity contribution is 1.18. The van der Waals surface area contributed by atoms with Crippen LogP contribution in [0.15, 0.2) is 194 Å². The highest BCUT2D eigenvalue weighted by molar-refractivity contribution is 6.10. The summed E-state index contributed by atoms with van der Waals surface area (Å²) >= 11 is 0. The number of nitrogens with zero attached hydrogens (tertiary/aromatic N) is 1. The van der Waals surface area contributed by atoms with E-state index < -0.39 is 0 Å². The summed E-state index contributed by atoms with van der Waals surface area (Å²) in [6.45, 7) is 6.35. The highest BCUT2D eigenvalue weighted by Gasteiger charge is 2.13. The van der Waals surface area contributed by atoms with E-state index in [-0.39, 0.29) is 0 Å². The number of benzene rings is 8. The molecule has 0 saturated heterocycles. The Labute approximate surface area is 295 Å². The molecule has 9 rings (SSSR count). The van der Waals surface area contributed by atoms with Gasteiger partial charge in [0.15, 0.2) is 0 Å². The second-order valence-corrected chi connectivity index (χ2v) is 12.8. The molecular weight excluding hydrogens is 603 g/mol. The number of aryl methyl sites for hydroxylation is 3. The molecule has 1 nitrogen and oxygen atoms in total. The lowest BCUT2D eigenvalue weighted by atomic mass is 10.0. The van der Waals surface area contributed by atoms with Crippen LogP contribution in [0.4, 0.5) is 0 Å². The lowest BCUT2D eigenvalue weighted by Gasteiger charge is -2.10. The van der Waals surface area contributed by atoms with Gasteiger partial charge in [0, 0.05) is 16.5 Å². The van der Waals surface area contributed by atoms with Crippen LogP contribution in [0.2, 0.25) is 0 Å². The molecule has 0 aliphatic rings. The quantitative estimate of drug-likeness (QED) is 0.181. The first-order chi connectivity index (χ1) is 24.5. The molecule has 1 heteroatoms. The Morgan fingerprint density at radius 1 is 0.320 bits per heavy atom. The van der Waals surface area contributed by atoms with Crippen LogP contribution >= 0.6 is 0 Å². The fourth-order valence-corrected chi connectivity index (χ4v) is 6.53. The van der Waals surface area contributed by atoms with Gasteiger partial charge in [-0.25, -0.2) is 0 Å². The van der Waals surface area contributed by atoms with Crippen molar-refractivity contribution >= 4 is 32.6 Å². The summed E-state index contributed by atoms with van der Waals surface area (Å²) in [5.41, 5.74) is 12.6. The molecule has 0 amide bonds. The molecule has 0 aliphatic heterocycles. The standard InChI is InChI=1S/C31H23N.C11H10.C7H8/c1-22-11-13-25(14-12-22)26-17-20-31-29(21-26)28-9-5-6-10-30(28)32(31)27-18-15-24(16-19-27)23-7-3-2-4-8-23;1-9-5-4-7-10-6-2-3-8-11(9)10;1-7-5-3-2-4-6-7/h2-21H,1H3;2-8H,1H3;2-6H,1H3. The molecule has 1 heterocycles. The van der Waals surface area contributed by atoms with Crippen molar-refractivity contribution in [1.82, 2.24) is 4.57 Å². The van der Waals surface area contributed by atoms with Gasteiger partial charge in [0.25, 0.3) is 0 Å². The Morgan fingerprint density at radius 3 is 1.50 bits per heavy atom. The number of fused-ring (bicyclic) bond motifs is 4. The molecule has 0 spiro atoms. The SMILES string of the molecule is Cc1ccc(-c2ccc3c(c2)c2ccccc2n3-c2ccc(-c3ccccc3)cc2)cc1.Cc1cccc2ccccc12.Cc1ccccc1. The van der Waals surface area contributed by atoms with Gasteiger partial charge < -0.3 is 4.57 Å². The average Bonchev–Trinajstić information content (AvgIpc) is 3.50. The highest BCUT2D eigenvalue weighted by Crippen LogP contribution is 2.35. The number of aromatic nitrogens is 1. The smallest absolute Gasteiger partial charge is 0.0541 e. The minimum absolute atomic E-state index is 1.18. The van der Waals surface area contributed by atoms with Crippen molar-refractivity contribution in [2.24, 2.45) is 0 Å². The minimum Gasteiger partial charge on any atom is -0.309 e. The van der Waals surface area contributed by atoms with Gasteiger partial charge in [-0.05, 0) is 89.7 Å². The van der Waals surface area contributed by atoms with Gasteiger partial charge in [-0.15, -0.1) is 0 Å². The Morgan fingerprint density at radius 2 is 0.820 bits per heavy atom. The maximum absolute atomic E-state index is 2.37. The molecular formula is C49H41N. The molecule has 0 N–H and O–H groups in total. The fraction of sp³-hybridized carbons (Fsp3) is 0.0612. The van der Waals surface area contributed by atoms with E-state index in [9.17, 15) is 0 Å². The number of hydrogen-bond donors (Lipinski definition) is 0. The van der Waals surface area contributed by atoms with E-state index in [0.29, 0.717) is 0 Å². The van der Waals surface area contributed by atoms with Crippen molar-refractivity contribution < 1.29 is 0 Å². The fourth-order valence-electron chi connectivity index (χ4n) is 6.53. The first kappa shape index (κ1) is 32.4. The van der Waals surface area contributed by atoms with Crippen molar-refractivity contribution in [1.29, 1.82) is 0 Å². The van der Waals surface area contributed by atoms with E-state index >= 15 is 0 Å². The summed E-state index contributed by atoms with van der Waals surface area (Å²) in [4.78, 5) is 0. The number of rotatable bonds is 3. The highest BCUT2D eigenvalue weighted by atomic mass is 15.0. The molecule has 242 valence electrons. The zero-order valence-electron chi connectivity index (χ0n) is 28.9. The largest absolute Gasteiger partial charge is 0.309 e. The second kappa shape index (κ2) is 14.9. The Bertz CT molecular complexity index is 2460. The van der Waals surface area contributed by atoms with Gasteiger partial charge in [-0.3, -0.25) is 0 Å². The van der Waals surface area contributed by atoms with Gasteiger partial charge in [-0.2, -0.15) is 0 Å². The molecule has 8 aromatic carbocycles. The maximum atomic E-state index is 2.37. The number of para-hydroxylation sites is 1. The van der Waals surface area contributed by atoms with E-state index in [1.54, 1.807) is 0 Å². The average molecular weight is 644 g/mol. The molecule has 0 unspecified atom stereocenters. The zero-order chi connectivity index (χ0) is 34.3. The summed E-state index contributed by atoms with van der Waals surface area (Å²) in [6.07, 6.45) is 0. The van der Waals surface area contributed by atoms with Crippen molar-refractivity contribution in [2.45, 2.75) is 20.8 Å². The van der Waals surface area contributed by atoms with Crippen molar-refractivity contribution in [2.75, 3.05) is 0 Å². The van der Waals surface area contributed by atoms with Crippen LogP contribution in [0, 0.1) is 20.8 Å². The summed E-state index contributed by atoms with van der Waals surface area (Å²) in [7, 11) is 0. The van der Waals surface area contributed by atoms with E-state index in [2.05, 4.69) is 201 Å². The van der Waals surface area contributed by atoms with Gasteiger partial charge in [0.2, 0.25) is 0 Å². The number of hydrogen-bond acceptors (Lipinski definition) is 0. The van der Waals surface area contributed by atoms with E-state index in [1.165, 1.54) is 77.2 Å². The van der Waals surface area contributed by atoms with Crippen molar-refractivity contribution in [3.8, 4) is 27.9 Å². The van der Waals surface area contributed by atoms with Crippen molar-refractivity contribution in [3.05, 3.63) is 211 Å². The molecule has 0 bridgehead atoms. The van der Waals surface area contributed by atoms with E-state index in [4.69, 9.17) is 0 Å². The minimum atomic E-state index is 1.18. The van der Waals surface area contributed by atoms with Gasteiger partial charge in [0.1, 0.15) is 0 Å². The van der Waals surface area contributed by atoms with Crippen LogP contribution in [0.3, 0.4) is 0 Å². The van der Waals surface area contributed by atoms with Crippen molar-refractivity contribution in [3.63, 3.8) is 0 Å². The molecule has 50 heavy (non-hydrogen) atoms. The molecule has 0 saturated carbocycles. The van der Waals surface area contributed by atoms with Gasteiger partial charge in [0.05, 0.1) is 11.0 Å². The van der Waals surface area contributed by atoms with Crippen LogP contribution in [0.1, 0.15) is 16.7 Å². The Hall–Kier alpha value is -6.18. The molecule has 9 aromatic rings. The predicted octanol–water partition coefficient (Wildman–Crippen LogP) is 13.6. The van der Waals surface area contributed by atoms with Crippen LogP contribution in [-0.2, 0) is 0 Å². The van der Waals surface area contributed by atoms with E-state index in [1.807, 2.05) is 18.2 Å². The third-order valence-electron chi connectivity index (χ3n) is 9.24. The summed E-state index contributed by atoms with van der Waals surface area (Å²) in [5, 5.41) is 5.25. The van der Waals surface area contributed by atoms with E-state index in [0.717, 1.165) is 0 Å². The third-order valence-corrected chi connectivity index (χ3v) is 9.24. The topological polar surface area (TPSA) is 4.93 Å². The molecule has 1 aromatic heterocycles. The monoisotopic (exact) mass is 643 g/mol. The van der Waals surface area contributed by atoms with Crippen LogP contribution in [0.25, 0.3) is 60.5 Å². The van der Waals surface area contributed by atoms with Crippen LogP contribution in [0.5, 0.6) is 0 Å². The second-order valence-electron chi connectivity index (χ2n) is 12.8. The summed E-state index contributed by atoms with van der Waals surface area (Å²) < 4.78 is 2.37. The Kier molecular flexibility index (Phi) is 9.67. The molecule has 0 fully saturated rings. The van der Waals surface area contributed by atoms with Gasteiger partial charge in [-0.1, -0.05) is 175 Å². The van der Waals surface area contributed by atoms with Gasteiger partial charge >= 0.3 is 0 Å². The first-order valence-corrected chi connectivity index (χ1v) is 17.3. The summed E-state index contributed by atoms with van der Waals surface area (Å²) in [6, 6.07) is 68.8. The summed E-state index contributed by atoms with van der Waals surface area (Å²) in [5.74, 6) is 0. The zero-order valence-corrected chi connectivity index (χ0v) is 28.9. The first-order valence-electron chi connectivity index (χ1n) is 17.3. The molecule has 0 aliphatic carbocycles. The third kappa shape index (κ3) is 7.14. The van der Waals surface area contributed by atoms with Crippen LogP contribution < -0.4 is 0 Å². The molecule has 0 atom stereocenters. The molecule has 0 radical (unpaired) electrons. The lowest BCUT2D eigenvalue weighted by Crippen LogP contribution is -1.93. The maximum Gasteiger partial charge on any atom is 0.0541 e.